The van der Waals surface area contributed by atoms with Gasteiger partial charge >= 0.3 is 0 Å². The van der Waals surface area contributed by atoms with Crippen LogP contribution in [0.25, 0.3) is 11.0 Å². The molecule has 0 bridgehead atoms. The SMILES string of the molecule is C/C=C\C(=O)NCCCc1nc2ccccc2n1CCCOc1c(C)cccc1C. The van der Waals surface area contributed by atoms with Gasteiger partial charge in [-0.3, -0.25) is 4.79 Å². The molecule has 1 heterocycles. The Bertz CT molecular complexity index is 1000. The van der Waals surface area contributed by atoms with Crippen molar-refractivity contribution in [2.75, 3.05) is 13.2 Å². The van der Waals surface area contributed by atoms with E-state index in [0.29, 0.717) is 13.2 Å². The quantitative estimate of drug-likeness (QED) is 0.391. The minimum absolute atomic E-state index is 0.0466. The Morgan fingerprint density at radius 3 is 2.63 bits per heavy atom. The number of ether oxygens (including phenoxy) is 1. The van der Waals surface area contributed by atoms with Crippen molar-refractivity contribution in [3.63, 3.8) is 0 Å². The predicted molar refractivity (Wildman–Crippen MR) is 122 cm³/mol. The number of para-hydroxylation sites is 3. The molecule has 158 valence electrons. The summed E-state index contributed by atoms with van der Waals surface area (Å²) in [4.78, 5) is 16.4. The first-order valence-electron chi connectivity index (χ1n) is 10.6. The Hall–Kier alpha value is -3.08. The molecule has 0 aliphatic carbocycles. The Labute approximate surface area is 178 Å². The number of nitrogens with one attached hydrogen (secondary N) is 1. The molecule has 0 fully saturated rings. The molecule has 0 saturated carbocycles. The molecule has 1 aromatic heterocycles. The first-order chi connectivity index (χ1) is 14.6. The van der Waals surface area contributed by atoms with Crippen molar-refractivity contribution in [1.82, 2.24) is 14.9 Å². The van der Waals surface area contributed by atoms with Gasteiger partial charge in [-0.05, 0) is 62.9 Å². The van der Waals surface area contributed by atoms with Crippen LogP contribution in [0.3, 0.4) is 0 Å². The van der Waals surface area contributed by atoms with Crippen LogP contribution in [0.5, 0.6) is 5.75 Å². The van der Waals surface area contributed by atoms with E-state index in [1.165, 1.54) is 11.1 Å². The summed E-state index contributed by atoms with van der Waals surface area (Å²) >= 11 is 0. The Morgan fingerprint density at radius 1 is 1.10 bits per heavy atom. The van der Waals surface area contributed by atoms with E-state index in [2.05, 4.69) is 60.1 Å². The maximum Gasteiger partial charge on any atom is 0.243 e. The summed E-state index contributed by atoms with van der Waals surface area (Å²) in [7, 11) is 0. The lowest BCUT2D eigenvalue weighted by Gasteiger charge is -2.13. The number of nitrogens with zero attached hydrogens (tertiary/aromatic N) is 2. The third-order valence-electron chi connectivity index (χ3n) is 5.11. The molecule has 0 aliphatic rings. The second kappa shape index (κ2) is 10.6. The molecule has 0 unspecified atom stereocenters. The number of imidazole rings is 1. The minimum Gasteiger partial charge on any atom is -0.493 e. The van der Waals surface area contributed by atoms with Crippen LogP contribution in [0.2, 0.25) is 0 Å². The number of carbonyl (C=O) groups excluding carboxylic acids is 1. The minimum atomic E-state index is -0.0466. The summed E-state index contributed by atoms with van der Waals surface area (Å²) in [5, 5.41) is 2.91. The molecule has 3 aromatic rings. The highest BCUT2D eigenvalue weighted by Gasteiger charge is 2.11. The zero-order valence-corrected chi connectivity index (χ0v) is 18.1. The van der Waals surface area contributed by atoms with E-state index in [0.717, 1.165) is 48.4 Å². The number of aromatic nitrogens is 2. The van der Waals surface area contributed by atoms with E-state index in [9.17, 15) is 4.79 Å². The molecule has 1 amide bonds. The predicted octanol–water partition coefficient (Wildman–Crippen LogP) is 4.75. The van der Waals surface area contributed by atoms with Crippen molar-refractivity contribution < 1.29 is 9.53 Å². The van der Waals surface area contributed by atoms with Crippen LogP contribution < -0.4 is 10.1 Å². The summed E-state index contributed by atoms with van der Waals surface area (Å²) in [6, 6.07) is 14.5. The molecule has 1 N–H and O–H groups in total. The van der Waals surface area contributed by atoms with Crippen molar-refractivity contribution in [2.24, 2.45) is 0 Å². The smallest absolute Gasteiger partial charge is 0.243 e. The van der Waals surface area contributed by atoms with Gasteiger partial charge in [0.25, 0.3) is 0 Å². The largest absolute Gasteiger partial charge is 0.493 e. The normalized spacial score (nSPS) is 11.3. The summed E-state index contributed by atoms with van der Waals surface area (Å²) in [5.74, 6) is 2.00. The van der Waals surface area contributed by atoms with E-state index < -0.39 is 0 Å². The highest BCUT2D eigenvalue weighted by Crippen LogP contribution is 2.23. The molecule has 2 aromatic carbocycles. The third-order valence-corrected chi connectivity index (χ3v) is 5.11. The third kappa shape index (κ3) is 5.50. The molecule has 30 heavy (non-hydrogen) atoms. The van der Waals surface area contributed by atoms with Crippen molar-refractivity contribution in [2.45, 2.75) is 46.6 Å². The molecule has 0 spiro atoms. The Morgan fingerprint density at radius 2 is 1.87 bits per heavy atom. The first-order valence-corrected chi connectivity index (χ1v) is 10.6. The van der Waals surface area contributed by atoms with Crippen LogP contribution in [0, 0.1) is 13.8 Å². The molecule has 0 atom stereocenters. The summed E-state index contributed by atoms with van der Waals surface area (Å²) in [6.45, 7) is 8.16. The maximum absolute atomic E-state index is 11.6. The van der Waals surface area contributed by atoms with Gasteiger partial charge in [0.1, 0.15) is 11.6 Å². The second-order valence-corrected chi connectivity index (χ2v) is 7.49. The first kappa shape index (κ1) is 21.6. The van der Waals surface area contributed by atoms with Crippen LogP contribution in [-0.4, -0.2) is 28.6 Å². The molecule has 0 aliphatic heterocycles. The lowest BCUT2D eigenvalue weighted by Crippen LogP contribution is -2.22. The zero-order chi connectivity index (χ0) is 21.3. The average molecular weight is 406 g/mol. The number of rotatable bonds is 10. The molecular weight excluding hydrogens is 374 g/mol. The number of amides is 1. The van der Waals surface area contributed by atoms with Crippen LogP contribution >= 0.6 is 0 Å². The lowest BCUT2D eigenvalue weighted by atomic mass is 10.1. The standard InChI is InChI=1S/C25H31N3O2/c1-4-10-24(29)26-16-8-15-23-27-21-13-5-6-14-22(21)28(23)17-9-18-30-25-19(2)11-7-12-20(25)3/h4-7,10-14H,8-9,15-18H2,1-3H3,(H,26,29)/b10-4-. The highest BCUT2D eigenvalue weighted by molar-refractivity contribution is 5.87. The monoisotopic (exact) mass is 405 g/mol. The van der Waals surface area contributed by atoms with Crippen molar-refractivity contribution in [3.05, 3.63) is 71.6 Å². The number of benzene rings is 2. The van der Waals surface area contributed by atoms with Crippen LogP contribution in [0.4, 0.5) is 0 Å². The van der Waals surface area contributed by atoms with Gasteiger partial charge in [-0.2, -0.15) is 0 Å². The lowest BCUT2D eigenvalue weighted by molar-refractivity contribution is -0.116. The van der Waals surface area contributed by atoms with E-state index in [-0.39, 0.29) is 5.91 Å². The van der Waals surface area contributed by atoms with E-state index >= 15 is 0 Å². The number of carbonyl (C=O) groups is 1. The number of fused-ring (bicyclic) bond motifs is 1. The van der Waals surface area contributed by atoms with Gasteiger partial charge in [-0.15, -0.1) is 0 Å². The number of hydrogen-bond donors (Lipinski definition) is 1. The average Bonchev–Trinajstić information content (AvgIpc) is 3.08. The molecule has 0 saturated heterocycles. The molecule has 3 rings (SSSR count). The summed E-state index contributed by atoms with van der Waals surface area (Å²) in [5.41, 5.74) is 4.51. The van der Waals surface area contributed by atoms with Gasteiger partial charge in [0, 0.05) is 19.5 Å². The van der Waals surface area contributed by atoms with Crippen LogP contribution in [0.1, 0.15) is 36.7 Å². The van der Waals surface area contributed by atoms with Crippen LogP contribution in [-0.2, 0) is 17.8 Å². The van der Waals surface area contributed by atoms with E-state index in [1.807, 2.05) is 13.0 Å². The van der Waals surface area contributed by atoms with E-state index in [1.54, 1.807) is 12.2 Å². The fourth-order valence-electron chi connectivity index (χ4n) is 3.66. The molecular formula is C25H31N3O2. The van der Waals surface area contributed by atoms with Crippen molar-refractivity contribution in [3.8, 4) is 5.75 Å². The van der Waals surface area contributed by atoms with Crippen molar-refractivity contribution >= 4 is 16.9 Å². The zero-order valence-electron chi connectivity index (χ0n) is 18.1. The number of allylic oxidation sites excluding steroid dienone is 1. The maximum atomic E-state index is 11.6. The number of hydrogen-bond acceptors (Lipinski definition) is 3. The molecule has 5 heteroatoms. The summed E-state index contributed by atoms with van der Waals surface area (Å²) < 4.78 is 8.37. The Kier molecular flexibility index (Phi) is 7.66. The van der Waals surface area contributed by atoms with Gasteiger partial charge in [0.2, 0.25) is 5.91 Å². The number of aryl methyl sites for hydroxylation is 4. The van der Waals surface area contributed by atoms with Gasteiger partial charge in [-0.25, -0.2) is 4.98 Å². The topological polar surface area (TPSA) is 56.2 Å². The fraction of sp³-hybridized carbons (Fsp3) is 0.360. The molecule has 0 radical (unpaired) electrons. The van der Waals surface area contributed by atoms with Crippen molar-refractivity contribution in [1.29, 1.82) is 0 Å². The highest BCUT2D eigenvalue weighted by atomic mass is 16.5. The summed E-state index contributed by atoms with van der Waals surface area (Å²) in [6.07, 6.45) is 5.87. The van der Waals surface area contributed by atoms with Crippen LogP contribution in [0.15, 0.2) is 54.6 Å². The van der Waals surface area contributed by atoms with Gasteiger partial charge < -0.3 is 14.6 Å². The van der Waals surface area contributed by atoms with Gasteiger partial charge in [-0.1, -0.05) is 36.4 Å². The molecule has 5 nitrogen and oxygen atoms in total. The van der Waals surface area contributed by atoms with E-state index in [4.69, 9.17) is 9.72 Å². The Balaban J connectivity index is 1.61. The second-order valence-electron chi connectivity index (χ2n) is 7.49. The van der Waals surface area contributed by atoms with Gasteiger partial charge in [0.15, 0.2) is 0 Å². The van der Waals surface area contributed by atoms with Gasteiger partial charge in [0.05, 0.1) is 17.6 Å². The fourth-order valence-corrected chi connectivity index (χ4v) is 3.66.